The lowest BCUT2D eigenvalue weighted by Crippen LogP contribution is -2.33. The maximum atomic E-state index is 13.3. The van der Waals surface area contributed by atoms with Crippen LogP contribution in [0.25, 0.3) is 0 Å². The average Bonchev–Trinajstić information content (AvgIpc) is 2.68. The molecule has 0 aliphatic heterocycles. The summed E-state index contributed by atoms with van der Waals surface area (Å²) in [7, 11) is 0. The molecular weight excluding hydrogens is 431 g/mol. The summed E-state index contributed by atoms with van der Waals surface area (Å²) in [6.45, 7) is 3.67. The number of carbonyl (C=O) groups is 1. The molecule has 142 valence electrons. The van der Waals surface area contributed by atoms with Crippen LogP contribution in [0.5, 0.6) is 0 Å². The zero-order valence-electron chi connectivity index (χ0n) is 14.3. The molecule has 0 fully saturated rings. The van der Waals surface area contributed by atoms with Crippen molar-refractivity contribution in [1.29, 1.82) is 10.7 Å². The van der Waals surface area contributed by atoms with Crippen molar-refractivity contribution in [3.63, 3.8) is 0 Å². The first-order chi connectivity index (χ1) is 13.3. The number of hydrogen-bond acceptors (Lipinski definition) is 6. The van der Waals surface area contributed by atoms with E-state index < -0.39 is 11.7 Å². The molecule has 0 saturated heterocycles. The maximum Gasteiger partial charge on any atom is 0.255 e. The van der Waals surface area contributed by atoms with E-state index >= 15 is 0 Å². The van der Waals surface area contributed by atoms with Gasteiger partial charge in [0.2, 0.25) is 0 Å². The first-order valence-electron chi connectivity index (χ1n) is 7.61. The average molecular weight is 445 g/mol. The number of nitrogens with zero attached hydrogens (tertiary/aromatic N) is 2. The van der Waals surface area contributed by atoms with Gasteiger partial charge in [0.05, 0.1) is 21.8 Å². The van der Waals surface area contributed by atoms with Gasteiger partial charge in [-0.3, -0.25) is 10.2 Å². The van der Waals surface area contributed by atoms with Crippen LogP contribution in [0, 0.1) is 22.6 Å². The van der Waals surface area contributed by atoms with Crippen molar-refractivity contribution in [3.05, 3.63) is 76.2 Å². The predicted molar refractivity (Wildman–Crippen MR) is 106 cm³/mol. The quantitative estimate of drug-likeness (QED) is 0.308. The number of amidine groups is 1. The number of nitriles is 1. The number of nitrogens with one attached hydrogen (secondary N) is 3. The van der Waals surface area contributed by atoms with Gasteiger partial charge in [-0.1, -0.05) is 11.7 Å². The van der Waals surface area contributed by atoms with E-state index in [9.17, 15) is 9.18 Å². The number of carbonyl (C=O) groups excluding carboxylic acids is 1. The molecule has 2 rings (SSSR count). The Balaban J connectivity index is 2.13. The number of anilines is 1. The number of benzene rings is 2. The van der Waals surface area contributed by atoms with Crippen molar-refractivity contribution in [3.8, 4) is 6.07 Å². The zero-order valence-corrected chi connectivity index (χ0v) is 15.9. The molecule has 8 nitrogen and oxygen atoms in total. The van der Waals surface area contributed by atoms with E-state index in [1.807, 2.05) is 6.07 Å². The molecule has 0 heterocycles. The molecule has 0 aliphatic carbocycles. The van der Waals surface area contributed by atoms with E-state index in [0.29, 0.717) is 11.3 Å². The third kappa shape index (κ3) is 5.23. The second-order valence-corrected chi connectivity index (χ2v) is 6.15. The largest absolute Gasteiger partial charge is 0.339 e. The Hall–Kier alpha value is -3.55. The number of oxime groups is 1. The predicted octanol–water partition coefficient (Wildman–Crippen LogP) is 3.04. The Bertz CT molecular complexity index is 998. The Morgan fingerprint density at radius 1 is 1.32 bits per heavy atom. The number of nitrogens with two attached hydrogens (primary N) is 1. The van der Waals surface area contributed by atoms with Gasteiger partial charge in [-0.15, -0.1) is 5.90 Å². The van der Waals surface area contributed by atoms with Gasteiger partial charge in [-0.05, 0) is 58.4 Å². The van der Waals surface area contributed by atoms with Gasteiger partial charge >= 0.3 is 0 Å². The minimum Gasteiger partial charge on any atom is -0.339 e. The molecule has 0 spiro atoms. The van der Waals surface area contributed by atoms with Gasteiger partial charge in [0.15, 0.2) is 11.5 Å². The lowest BCUT2D eigenvalue weighted by Gasteiger charge is -2.13. The highest BCUT2D eigenvalue weighted by molar-refractivity contribution is 9.10. The van der Waals surface area contributed by atoms with Crippen LogP contribution in [0.15, 0.2) is 64.4 Å². The highest BCUT2D eigenvalue weighted by Gasteiger charge is 2.17. The minimum absolute atomic E-state index is 0.0570. The van der Waals surface area contributed by atoms with Crippen molar-refractivity contribution in [1.82, 2.24) is 5.32 Å². The monoisotopic (exact) mass is 444 g/mol. The molecule has 5 N–H and O–H groups in total. The van der Waals surface area contributed by atoms with Crippen LogP contribution in [0.4, 0.5) is 10.1 Å². The van der Waals surface area contributed by atoms with Crippen molar-refractivity contribution >= 4 is 39.1 Å². The van der Waals surface area contributed by atoms with Crippen LogP contribution in [-0.4, -0.2) is 17.5 Å². The van der Waals surface area contributed by atoms with Crippen molar-refractivity contribution in [2.75, 3.05) is 5.32 Å². The van der Waals surface area contributed by atoms with E-state index in [1.165, 1.54) is 42.5 Å². The lowest BCUT2D eigenvalue weighted by atomic mass is 10.1. The molecule has 0 aromatic heterocycles. The van der Waals surface area contributed by atoms with Gasteiger partial charge in [0.1, 0.15) is 5.82 Å². The third-order valence-electron chi connectivity index (χ3n) is 3.40. The van der Waals surface area contributed by atoms with Crippen LogP contribution in [-0.2, 0) is 4.94 Å². The molecule has 0 saturated carbocycles. The highest BCUT2D eigenvalue weighted by atomic mass is 79.9. The summed E-state index contributed by atoms with van der Waals surface area (Å²) in [6.07, 6.45) is 0. The number of halogens is 2. The van der Waals surface area contributed by atoms with Crippen LogP contribution < -0.4 is 16.5 Å². The third-order valence-corrected chi connectivity index (χ3v) is 4.00. The van der Waals surface area contributed by atoms with Crippen LogP contribution in [0.2, 0.25) is 0 Å². The molecule has 28 heavy (non-hydrogen) atoms. The second-order valence-electron chi connectivity index (χ2n) is 5.30. The second kappa shape index (κ2) is 9.40. The highest BCUT2D eigenvalue weighted by Crippen LogP contribution is 2.20. The van der Waals surface area contributed by atoms with E-state index in [1.54, 1.807) is 0 Å². The van der Waals surface area contributed by atoms with E-state index in [0.717, 1.165) is 0 Å². The normalized spacial score (nSPS) is 10.6. The Morgan fingerprint density at radius 3 is 2.57 bits per heavy atom. The molecule has 0 aliphatic rings. The van der Waals surface area contributed by atoms with E-state index in [-0.39, 0.29) is 27.3 Å². The molecule has 0 atom stereocenters. The van der Waals surface area contributed by atoms with Crippen LogP contribution >= 0.6 is 15.9 Å². The van der Waals surface area contributed by atoms with Gasteiger partial charge < -0.3 is 15.6 Å². The summed E-state index contributed by atoms with van der Waals surface area (Å²) in [5, 5.41) is 25.6. The van der Waals surface area contributed by atoms with Gasteiger partial charge in [-0.2, -0.15) is 5.26 Å². The first kappa shape index (κ1) is 20.8. The molecule has 2 aromatic rings. The summed E-state index contributed by atoms with van der Waals surface area (Å²) in [6, 6.07) is 11.9. The van der Waals surface area contributed by atoms with Gasteiger partial charge in [-0.25, -0.2) is 4.39 Å². The van der Waals surface area contributed by atoms with Crippen molar-refractivity contribution in [2.45, 2.75) is 0 Å². The fourth-order valence-electron chi connectivity index (χ4n) is 2.05. The standard InChI is InChI=1S/C18H14BrFN6O2/c1-10(24-18(27)12-4-2-11(9-21)3-5-12)16(26-28-23)17(22)25-13-6-7-15(20)14(19)8-13/h2-8H,1,23H2,(H2,22,25)(H,24,27)/b26-16+. The molecule has 1 amide bonds. The van der Waals surface area contributed by atoms with Gasteiger partial charge in [0, 0.05) is 11.3 Å². The molecule has 0 bridgehead atoms. The maximum absolute atomic E-state index is 13.3. The zero-order chi connectivity index (χ0) is 20.7. The Labute approximate surface area is 168 Å². The summed E-state index contributed by atoms with van der Waals surface area (Å²) >= 11 is 3.05. The minimum atomic E-state index is -0.531. The van der Waals surface area contributed by atoms with E-state index in [2.05, 4.69) is 43.2 Å². The Kier molecular flexibility index (Phi) is 6.97. The SMILES string of the molecule is C=C(NC(=O)c1ccc(C#N)cc1)/C(=N\ON)C(=N)Nc1ccc(F)c(Br)c1. The lowest BCUT2D eigenvalue weighted by molar-refractivity contribution is 0.0967. The van der Waals surface area contributed by atoms with E-state index in [4.69, 9.17) is 16.6 Å². The Morgan fingerprint density at radius 2 is 2.00 bits per heavy atom. The summed E-state index contributed by atoms with van der Waals surface area (Å²) in [4.78, 5) is 16.5. The topological polar surface area (TPSA) is 136 Å². The summed E-state index contributed by atoms with van der Waals surface area (Å²) in [5.74, 6) is 3.67. The molecule has 10 heteroatoms. The molecule has 0 unspecified atom stereocenters. The molecular formula is C18H14BrFN6O2. The summed E-state index contributed by atoms with van der Waals surface area (Å²) < 4.78 is 13.5. The smallest absolute Gasteiger partial charge is 0.255 e. The van der Waals surface area contributed by atoms with Crippen LogP contribution in [0.3, 0.4) is 0 Å². The van der Waals surface area contributed by atoms with Crippen molar-refractivity contribution in [2.24, 2.45) is 11.1 Å². The molecule has 2 aromatic carbocycles. The summed E-state index contributed by atoms with van der Waals surface area (Å²) in [5.41, 5.74) is 0.832. The fraction of sp³-hybridized carbons (Fsp3) is 0. The molecule has 0 radical (unpaired) electrons. The van der Waals surface area contributed by atoms with Crippen LogP contribution in [0.1, 0.15) is 15.9 Å². The van der Waals surface area contributed by atoms with Gasteiger partial charge in [0.25, 0.3) is 5.91 Å². The number of hydrogen-bond donors (Lipinski definition) is 4. The number of amides is 1. The first-order valence-corrected chi connectivity index (χ1v) is 8.40. The van der Waals surface area contributed by atoms with Crippen molar-refractivity contribution < 1.29 is 14.1 Å². The number of rotatable bonds is 6. The fourth-order valence-corrected chi connectivity index (χ4v) is 2.43.